The first kappa shape index (κ1) is 17.2. The van der Waals surface area contributed by atoms with E-state index in [2.05, 4.69) is 45.0 Å². The molecule has 0 bridgehead atoms. The van der Waals surface area contributed by atoms with Crippen molar-refractivity contribution in [2.75, 3.05) is 7.11 Å². The average Bonchev–Trinajstić information content (AvgIpc) is 2.66. The molecule has 1 N–H and O–H groups in total. The molecule has 0 fully saturated rings. The van der Waals surface area contributed by atoms with Crippen LogP contribution in [0.4, 0.5) is 0 Å². The molecule has 0 saturated heterocycles. The molecule has 2 aromatic carbocycles. The number of H-pyrrole nitrogens is 1. The lowest BCUT2D eigenvalue weighted by Crippen LogP contribution is -2.09. The summed E-state index contributed by atoms with van der Waals surface area (Å²) in [5.74, 6) is 2.74. The molecule has 4 rings (SSSR count). The van der Waals surface area contributed by atoms with E-state index in [4.69, 9.17) is 21.7 Å². The number of hydrogen-bond acceptors (Lipinski definition) is 4. The fraction of sp³-hybridized carbons (Fsp3) is 0.200. The number of halogens is 1. The van der Waals surface area contributed by atoms with Gasteiger partial charge in [0.05, 0.1) is 12.7 Å². The van der Waals surface area contributed by atoms with Crippen LogP contribution in [0.5, 0.6) is 17.4 Å². The van der Waals surface area contributed by atoms with Gasteiger partial charge in [-0.05, 0) is 24.1 Å². The maximum Gasteiger partial charge on any atom is 0.205 e. The van der Waals surface area contributed by atoms with E-state index in [1.165, 1.54) is 5.56 Å². The molecule has 2 heterocycles. The number of methoxy groups -OCH3 is 1. The van der Waals surface area contributed by atoms with E-state index in [-0.39, 0.29) is 0 Å². The first-order chi connectivity index (χ1) is 12.6. The zero-order valence-electron chi connectivity index (χ0n) is 14.4. The number of aromatic nitrogens is 2. The van der Waals surface area contributed by atoms with Crippen molar-refractivity contribution in [3.8, 4) is 28.8 Å². The minimum absolute atomic E-state index is 0.554. The van der Waals surface area contributed by atoms with E-state index in [9.17, 15) is 0 Å². The lowest BCUT2D eigenvalue weighted by atomic mass is 10.0. The molecule has 1 aliphatic heterocycles. The molecule has 26 heavy (non-hydrogen) atoms. The highest BCUT2D eigenvalue weighted by atomic mass is 79.9. The molecule has 0 aliphatic carbocycles. The number of benzene rings is 2. The summed E-state index contributed by atoms with van der Waals surface area (Å²) in [7, 11) is 1.64. The summed E-state index contributed by atoms with van der Waals surface area (Å²) < 4.78 is 13.1. The maximum atomic E-state index is 6.13. The molecule has 3 aromatic rings. The van der Waals surface area contributed by atoms with E-state index < -0.39 is 0 Å². The Morgan fingerprint density at radius 3 is 2.73 bits per heavy atom. The van der Waals surface area contributed by atoms with Gasteiger partial charge in [0.2, 0.25) is 5.88 Å². The summed E-state index contributed by atoms with van der Waals surface area (Å²) in [6, 6.07) is 12.2. The monoisotopic (exact) mass is 428 g/mol. The third-order valence-corrected chi connectivity index (χ3v) is 5.30. The Kier molecular flexibility index (Phi) is 4.54. The quantitative estimate of drug-likeness (QED) is 0.416. The van der Waals surface area contributed by atoms with Crippen molar-refractivity contribution in [1.82, 2.24) is 9.97 Å². The number of fused-ring (bicyclic) bond motifs is 2. The van der Waals surface area contributed by atoms with Gasteiger partial charge in [-0.2, -0.15) is 0 Å². The van der Waals surface area contributed by atoms with Crippen molar-refractivity contribution in [3.63, 3.8) is 0 Å². The highest BCUT2D eigenvalue weighted by Gasteiger charge is 2.24. The molecular formula is C20H17BrN2O2S. The van der Waals surface area contributed by atoms with Gasteiger partial charge in [0.25, 0.3) is 0 Å². The van der Waals surface area contributed by atoms with Gasteiger partial charge in [0.15, 0.2) is 11.5 Å². The molecule has 0 saturated carbocycles. The summed E-state index contributed by atoms with van der Waals surface area (Å²) in [5.41, 5.74) is 4.17. The summed E-state index contributed by atoms with van der Waals surface area (Å²) in [6.07, 6.45) is 1.65. The highest BCUT2D eigenvalue weighted by Crippen LogP contribution is 2.43. The molecule has 1 aliphatic rings. The lowest BCUT2D eigenvalue weighted by Gasteiger charge is -2.22. The standard InChI is InChI=1S/C20H17BrN2O2S/c1-3-11-4-6-12(7-5-11)18-22-19-15(20(26)23-18)9-13-8-14(21)10-16(24-2)17(13)25-19/h4-8,10H,3,9H2,1-2H3,(H,22,23,26). The topological polar surface area (TPSA) is 47.1 Å². The zero-order valence-corrected chi connectivity index (χ0v) is 16.8. The largest absolute Gasteiger partial charge is 0.493 e. The third kappa shape index (κ3) is 3.04. The molecule has 6 heteroatoms. The Morgan fingerprint density at radius 1 is 1.27 bits per heavy atom. The summed E-state index contributed by atoms with van der Waals surface area (Å²) in [6.45, 7) is 2.14. The minimum Gasteiger partial charge on any atom is -0.493 e. The van der Waals surface area contributed by atoms with Crippen LogP contribution in [-0.2, 0) is 12.8 Å². The number of ether oxygens (including phenoxy) is 2. The molecule has 1 aromatic heterocycles. The van der Waals surface area contributed by atoms with Gasteiger partial charge in [-0.25, -0.2) is 4.98 Å². The van der Waals surface area contributed by atoms with Gasteiger partial charge in [-0.3, -0.25) is 0 Å². The van der Waals surface area contributed by atoms with E-state index in [1.54, 1.807) is 7.11 Å². The number of nitrogens with zero attached hydrogens (tertiary/aromatic N) is 1. The summed E-state index contributed by atoms with van der Waals surface area (Å²) in [5, 5.41) is 0. The molecule has 0 radical (unpaired) electrons. The number of aromatic amines is 1. The van der Waals surface area contributed by atoms with E-state index in [0.717, 1.165) is 27.6 Å². The van der Waals surface area contributed by atoms with E-state index >= 15 is 0 Å². The zero-order chi connectivity index (χ0) is 18.3. The first-order valence-electron chi connectivity index (χ1n) is 8.35. The van der Waals surface area contributed by atoms with Crippen molar-refractivity contribution in [2.45, 2.75) is 19.8 Å². The van der Waals surface area contributed by atoms with Gasteiger partial charge in [-0.15, -0.1) is 0 Å². The Labute approximate surface area is 165 Å². The number of rotatable bonds is 3. The molecule has 0 spiro atoms. The molecular weight excluding hydrogens is 412 g/mol. The fourth-order valence-corrected chi connectivity index (χ4v) is 3.81. The normalized spacial score (nSPS) is 12.1. The van der Waals surface area contributed by atoms with E-state index in [0.29, 0.717) is 34.3 Å². The maximum absolute atomic E-state index is 6.13. The lowest BCUT2D eigenvalue weighted by molar-refractivity contribution is 0.365. The second-order valence-electron chi connectivity index (χ2n) is 6.12. The van der Waals surface area contributed by atoms with Gasteiger partial charge in [0.1, 0.15) is 10.5 Å². The SMILES string of the molecule is CCc1ccc(-c2nc(=S)c3c([nH]2)Oc2c(cc(Br)cc2OC)C3)cc1. The third-order valence-electron chi connectivity index (χ3n) is 4.50. The number of nitrogens with one attached hydrogen (secondary N) is 1. The van der Waals surface area contributed by atoms with Gasteiger partial charge in [0, 0.05) is 22.0 Å². The van der Waals surface area contributed by atoms with Crippen LogP contribution < -0.4 is 9.47 Å². The minimum atomic E-state index is 0.554. The Hall–Kier alpha value is -2.18. The Balaban J connectivity index is 1.79. The molecule has 0 amide bonds. The predicted octanol–water partition coefficient (Wildman–Crippen LogP) is 5.84. The smallest absolute Gasteiger partial charge is 0.205 e. The summed E-state index contributed by atoms with van der Waals surface area (Å²) >= 11 is 9.05. The van der Waals surface area contributed by atoms with Gasteiger partial charge >= 0.3 is 0 Å². The summed E-state index contributed by atoms with van der Waals surface area (Å²) in [4.78, 5) is 7.89. The Morgan fingerprint density at radius 2 is 2.04 bits per heavy atom. The molecule has 0 atom stereocenters. The second kappa shape index (κ2) is 6.85. The van der Waals surface area contributed by atoms with Crippen molar-refractivity contribution in [1.29, 1.82) is 0 Å². The highest BCUT2D eigenvalue weighted by molar-refractivity contribution is 9.10. The van der Waals surface area contributed by atoms with Crippen LogP contribution >= 0.6 is 28.1 Å². The van der Waals surface area contributed by atoms with E-state index in [1.807, 2.05) is 24.3 Å². The fourth-order valence-electron chi connectivity index (χ4n) is 3.07. The van der Waals surface area contributed by atoms with Crippen LogP contribution in [0.15, 0.2) is 40.9 Å². The first-order valence-corrected chi connectivity index (χ1v) is 9.56. The number of aryl methyl sites for hydroxylation is 1. The molecule has 0 unspecified atom stereocenters. The van der Waals surface area contributed by atoms with Crippen LogP contribution in [0.2, 0.25) is 0 Å². The van der Waals surface area contributed by atoms with Crippen LogP contribution in [0.1, 0.15) is 23.6 Å². The van der Waals surface area contributed by atoms with Gasteiger partial charge in [-0.1, -0.05) is 59.3 Å². The Bertz CT molecular complexity index is 1040. The number of hydrogen-bond donors (Lipinski definition) is 1. The van der Waals surface area contributed by atoms with Crippen molar-refractivity contribution >= 4 is 28.1 Å². The molecule has 132 valence electrons. The van der Waals surface area contributed by atoms with Crippen LogP contribution in [0.25, 0.3) is 11.4 Å². The average molecular weight is 429 g/mol. The van der Waals surface area contributed by atoms with Crippen molar-refractivity contribution in [2.24, 2.45) is 0 Å². The van der Waals surface area contributed by atoms with Crippen LogP contribution in [0, 0.1) is 4.64 Å². The van der Waals surface area contributed by atoms with Crippen molar-refractivity contribution in [3.05, 3.63) is 62.2 Å². The molecule has 4 nitrogen and oxygen atoms in total. The van der Waals surface area contributed by atoms with Crippen LogP contribution in [0.3, 0.4) is 0 Å². The van der Waals surface area contributed by atoms with Crippen molar-refractivity contribution < 1.29 is 9.47 Å². The second-order valence-corrected chi connectivity index (χ2v) is 7.43. The van der Waals surface area contributed by atoms with Crippen LogP contribution in [-0.4, -0.2) is 17.1 Å². The van der Waals surface area contributed by atoms with Gasteiger partial charge < -0.3 is 14.5 Å². The predicted molar refractivity (Wildman–Crippen MR) is 108 cm³/mol.